The molecule has 0 aromatic heterocycles. The van der Waals surface area contributed by atoms with Gasteiger partial charge in [0.1, 0.15) is 0 Å². The lowest BCUT2D eigenvalue weighted by molar-refractivity contribution is 0.346. The van der Waals surface area contributed by atoms with Crippen LogP contribution in [-0.2, 0) is 0 Å². The van der Waals surface area contributed by atoms with Gasteiger partial charge in [0.15, 0.2) is 0 Å². The molecule has 0 aromatic carbocycles. The van der Waals surface area contributed by atoms with Gasteiger partial charge in [0, 0.05) is 62.5 Å². The van der Waals surface area contributed by atoms with Crippen molar-refractivity contribution in [1.29, 1.82) is 0 Å². The molecule has 0 aliphatic rings. The lowest BCUT2D eigenvalue weighted by atomic mass is 10.2. The maximum absolute atomic E-state index is 5.74. The number of nitrogens with zero attached hydrogens (tertiary/aromatic N) is 2. The van der Waals surface area contributed by atoms with Crippen LogP contribution in [0, 0.1) is 23.7 Å². The average Bonchev–Trinajstić information content (AvgIpc) is 2.54. The highest BCUT2D eigenvalue weighted by molar-refractivity contribution is 6.18. The van der Waals surface area contributed by atoms with Crippen molar-refractivity contribution in [1.82, 2.24) is 9.80 Å². The molecule has 0 aliphatic heterocycles. The summed E-state index contributed by atoms with van der Waals surface area (Å²) < 4.78 is 0. The molecule has 0 radical (unpaired) electrons. The van der Waals surface area contributed by atoms with E-state index in [1.807, 2.05) is 0 Å². The summed E-state index contributed by atoms with van der Waals surface area (Å²) in [6, 6.07) is 0. The van der Waals surface area contributed by atoms with Gasteiger partial charge in [-0.25, -0.2) is 0 Å². The van der Waals surface area contributed by atoms with E-state index in [4.69, 9.17) is 46.4 Å². The van der Waals surface area contributed by atoms with Crippen molar-refractivity contribution in [3.8, 4) is 23.7 Å². The van der Waals surface area contributed by atoms with E-state index in [9.17, 15) is 0 Å². The van der Waals surface area contributed by atoms with Crippen LogP contribution in [0.15, 0.2) is 0 Å². The summed E-state index contributed by atoms with van der Waals surface area (Å²) in [7, 11) is 0. The highest BCUT2D eigenvalue weighted by Crippen LogP contribution is 1.95. The summed E-state index contributed by atoms with van der Waals surface area (Å²) in [5.74, 6) is 15.1. The maximum atomic E-state index is 5.74. The van der Waals surface area contributed by atoms with Crippen LogP contribution in [0.2, 0.25) is 0 Å². The van der Waals surface area contributed by atoms with E-state index in [1.165, 1.54) is 0 Å². The van der Waals surface area contributed by atoms with Crippen molar-refractivity contribution in [3.05, 3.63) is 0 Å². The topological polar surface area (TPSA) is 6.48 Å². The van der Waals surface area contributed by atoms with Crippen molar-refractivity contribution >= 4 is 46.4 Å². The number of rotatable bonds is 12. The van der Waals surface area contributed by atoms with Crippen molar-refractivity contribution in [2.75, 3.05) is 62.8 Å². The van der Waals surface area contributed by atoms with Crippen LogP contribution < -0.4 is 0 Å². The van der Waals surface area contributed by atoms with Crippen LogP contribution in [0.4, 0.5) is 0 Å². The molecular formula is C17H26Cl4N2. The van der Waals surface area contributed by atoms with Gasteiger partial charge >= 0.3 is 0 Å². The molecule has 0 unspecified atom stereocenters. The zero-order chi connectivity index (χ0) is 17.2. The van der Waals surface area contributed by atoms with Crippen LogP contribution in [0.5, 0.6) is 0 Å². The predicted molar refractivity (Wildman–Crippen MR) is 105 cm³/mol. The van der Waals surface area contributed by atoms with E-state index in [1.54, 1.807) is 0 Å². The molecule has 0 atom stereocenters. The maximum Gasteiger partial charge on any atom is 0.0602 e. The summed E-state index contributed by atoms with van der Waals surface area (Å²) in [5.41, 5.74) is 0. The third kappa shape index (κ3) is 15.5. The molecule has 132 valence electrons. The molecule has 0 heterocycles. The lowest BCUT2D eigenvalue weighted by Gasteiger charge is -2.16. The van der Waals surface area contributed by atoms with E-state index >= 15 is 0 Å². The average molecular weight is 400 g/mol. The Hall–Kier alpha value is 0.200. The molecule has 0 amide bonds. The number of alkyl halides is 4. The first kappa shape index (κ1) is 23.2. The van der Waals surface area contributed by atoms with Crippen LogP contribution >= 0.6 is 46.4 Å². The van der Waals surface area contributed by atoms with Gasteiger partial charge in [-0.3, -0.25) is 9.80 Å². The van der Waals surface area contributed by atoms with Crippen LogP contribution in [0.3, 0.4) is 0 Å². The second-order valence-corrected chi connectivity index (χ2v) is 6.38. The van der Waals surface area contributed by atoms with E-state index < -0.39 is 0 Å². The minimum atomic E-state index is 0.610. The monoisotopic (exact) mass is 398 g/mol. The molecule has 0 bridgehead atoms. The molecule has 0 saturated heterocycles. The molecule has 0 spiro atoms. The zero-order valence-electron chi connectivity index (χ0n) is 13.6. The highest BCUT2D eigenvalue weighted by atomic mass is 35.5. The third-order valence-electron chi connectivity index (χ3n) is 3.06. The van der Waals surface area contributed by atoms with Crippen molar-refractivity contribution in [2.24, 2.45) is 0 Å². The van der Waals surface area contributed by atoms with Gasteiger partial charge < -0.3 is 0 Å². The lowest BCUT2D eigenvalue weighted by Crippen LogP contribution is -2.28. The summed E-state index contributed by atoms with van der Waals surface area (Å²) in [5, 5.41) is 0. The van der Waals surface area contributed by atoms with Gasteiger partial charge in [-0.1, -0.05) is 11.8 Å². The first-order chi connectivity index (χ1) is 11.3. The molecule has 0 rings (SSSR count). The molecular weight excluding hydrogens is 374 g/mol. The molecule has 0 aromatic rings. The second-order valence-electron chi connectivity index (χ2n) is 4.87. The third-order valence-corrected chi connectivity index (χ3v) is 3.74. The number of hydrogen-bond donors (Lipinski definition) is 0. The molecule has 0 saturated carbocycles. The fourth-order valence-electron chi connectivity index (χ4n) is 1.80. The molecule has 0 fully saturated rings. The largest absolute Gasteiger partial charge is 0.290 e. The smallest absolute Gasteiger partial charge is 0.0602 e. The summed E-state index contributed by atoms with van der Waals surface area (Å²) >= 11 is 23.0. The molecule has 0 aliphatic carbocycles. The molecule has 2 nitrogen and oxygen atoms in total. The number of hydrogen-bond acceptors (Lipinski definition) is 2. The first-order valence-electron chi connectivity index (χ1n) is 7.88. The molecule has 0 N–H and O–H groups in total. The van der Waals surface area contributed by atoms with E-state index in [-0.39, 0.29) is 0 Å². The van der Waals surface area contributed by atoms with E-state index in [0.717, 1.165) is 58.5 Å². The van der Waals surface area contributed by atoms with E-state index in [2.05, 4.69) is 33.5 Å². The van der Waals surface area contributed by atoms with E-state index in [0.29, 0.717) is 23.5 Å². The molecule has 23 heavy (non-hydrogen) atoms. The highest BCUT2D eigenvalue weighted by Gasteiger charge is 2.00. The fraction of sp³-hybridized carbons (Fsp3) is 0.765. The standard InChI is InChI=1S/C17H26Cl4N2/c18-8-14-22(15-9-19)12-6-4-2-1-3-5-7-13-23(16-10-20)17-11-21/h1-3,8-17H2. The van der Waals surface area contributed by atoms with Gasteiger partial charge in [0.25, 0.3) is 0 Å². The normalized spacial score (nSPS) is 10.3. The second kappa shape index (κ2) is 18.5. The van der Waals surface area contributed by atoms with Crippen molar-refractivity contribution in [2.45, 2.75) is 19.3 Å². The van der Waals surface area contributed by atoms with Crippen LogP contribution in [-0.4, -0.2) is 72.6 Å². The summed E-state index contributed by atoms with van der Waals surface area (Å²) in [6.07, 6.45) is 2.74. The Bertz CT molecular complexity index is 334. The van der Waals surface area contributed by atoms with Gasteiger partial charge in [-0.05, 0) is 6.42 Å². The Kier molecular flexibility index (Phi) is 18.7. The first-order valence-corrected chi connectivity index (χ1v) is 10.0. The Balaban J connectivity index is 3.80. The Morgan fingerprint density at radius 3 is 1.17 bits per heavy atom. The minimum Gasteiger partial charge on any atom is -0.290 e. The summed E-state index contributed by atoms with van der Waals surface area (Å²) in [4.78, 5) is 4.32. The SMILES string of the molecule is ClCCN(CC#CCCCC#CCN(CCCl)CCCl)CCCl. The van der Waals surface area contributed by atoms with Crippen molar-refractivity contribution < 1.29 is 0 Å². The Morgan fingerprint density at radius 2 is 0.870 bits per heavy atom. The Labute approximate surface area is 161 Å². The van der Waals surface area contributed by atoms with Gasteiger partial charge in [-0.2, -0.15) is 0 Å². The zero-order valence-corrected chi connectivity index (χ0v) is 16.6. The number of halogens is 4. The van der Waals surface area contributed by atoms with Gasteiger partial charge in [0.05, 0.1) is 13.1 Å². The van der Waals surface area contributed by atoms with Crippen LogP contribution in [0.1, 0.15) is 19.3 Å². The quantitative estimate of drug-likeness (QED) is 0.280. The minimum absolute atomic E-state index is 0.610. The van der Waals surface area contributed by atoms with Crippen molar-refractivity contribution in [3.63, 3.8) is 0 Å². The van der Waals surface area contributed by atoms with Crippen LogP contribution in [0.25, 0.3) is 0 Å². The summed E-state index contributed by atoms with van der Waals surface area (Å²) in [6.45, 7) is 4.78. The Morgan fingerprint density at radius 1 is 0.522 bits per heavy atom. The fourth-order valence-corrected chi connectivity index (χ4v) is 2.75. The predicted octanol–water partition coefficient (Wildman–Crippen LogP) is 3.72. The molecule has 6 heteroatoms. The number of unbranched alkanes of at least 4 members (excludes halogenated alkanes) is 2. The van der Waals surface area contributed by atoms with Gasteiger partial charge in [0.2, 0.25) is 0 Å². The van der Waals surface area contributed by atoms with Gasteiger partial charge in [-0.15, -0.1) is 58.2 Å².